The molecule has 17 heavy (non-hydrogen) atoms. The number of rotatable bonds is 5. The molecule has 0 aromatic heterocycles. The van der Waals surface area contributed by atoms with Crippen molar-refractivity contribution in [3.05, 3.63) is 24.3 Å². The van der Waals surface area contributed by atoms with Crippen LogP contribution >= 0.6 is 0 Å². The van der Waals surface area contributed by atoms with Crippen molar-refractivity contribution in [1.82, 2.24) is 0 Å². The second kappa shape index (κ2) is 10.9. The second-order valence-electron chi connectivity index (χ2n) is 3.73. The molecule has 0 heterocycles. The van der Waals surface area contributed by atoms with Gasteiger partial charge in [-0.25, -0.2) is 9.59 Å². The van der Waals surface area contributed by atoms with Crippen LogP contribution < -0.4 is 0 Å². The van der Waals surface area contributed by atoms with E-state index in [1.807, 2.05) is 0 Å². The fourth-order valence-corrected chi connectivity index (χ4v) is 0.526. The number of hydrogen-bond donors (Lipinski definition) is 1. The Kier molecular flexibility index (Phi) is 11.4. The Morgan fingerprint density at radius 1 is 1.47 bits per heavy atom. The summed E-state index contributed by atoms with van der Waals surface area (Å²) < 4.78 is 4.91. The van der Waals surface area contributed by atoms with Gasteiger partial charge in [-0.15, -0.1) is 0 Å². The lowest BCUT2D eigenvalue weighted by atomic mass is 10.1. The van der Waals surface area contributed by atoms with Crippen LogP contribution in [0.25, 0.3) is 0 Å². The Hall–Kier alpha value is -1.58. The molecule has 0 saturated carbocycles. The number of ether oxygens (including phenoxy) is 1. The van der Waals surface area contributed by atoms with Crippen molar-refractivity contribution >= 4 is 11.9 Å². The minimum atomic E-state index is -0.935. The first-order valence-corrected chi connectivity index (χ1v) is 5.53. The van der Waals surface area contributed by atoms with Crippen LogP contribution in [0, 0.1) is 5.92 Å². The minimum absolute atomic E-state index is 0.176. The van der Waals surface area contributed by atoms with Crippen LogP contribution in [0.4, 0.5) is 0 Å². The second-order valence-corrected chi connectivity index (χ2v) is 3.73. The summed E-state index contributed by atoms with van der Waals surface area (Å²) in [6.45, 7) is 11.1. The normalized spacial score (nSPS) is 11.3. The molecule has 98 valence electrons. The van der Waals surface area contributed by atoms with Gasteiger partial charge in [0.2, 0.25) is 0 Å². The standard InChI is InChI=1S/C9H16O2.C4H6O2/c1-4-6-9(10)11-7-8(3)5-2;1-3(2)4(5)6/h4,6,8H,5,7H2,1-3H3;1H2,2H3,(H,5,6). The van der Waals surface area contributed by atoms with Gasteiger partial charge in [-0.1, -0.05) is 32.9 Å². The van der Waals surface area contributed by atoms with Crippen molar-refractivity contribution in [3.63, 3.8) is 0 Å². The van der Waals surface area contributed by atoms with Gasteiger partial charge in [0.05, 0.1) is 6.61 Å². The van der Waals surface area contributed by atoms with Crippen LogP contribution in [-0.4, -0.2) is 23.7 Å². The summed E-state index contributed by atoms with van der Waals surface area (Å²) >= 11 is 0. The predicted octanol–water partition coefficient (Wildman–Crippen LogP) is 2.80. The zero-order chi connectivity index (χ0) is 13.8. The van der Waals surface area contributed by atoms with E-state index in [2.05, 4.69) is 20.4 Å². The van der Waals surface area contributed by atoms with Crippen molar-refractivity contribution in [2.75, 3.05) is 6.61 Å². The maximum Gasteiger partial charge on any atom is 0.330 e. The van der Waals surface area contributed by atoms with E-state index in [0.717, 1.165) is 6.42 Å². The highest BCUT2D eigenvalue weighted by atomic mass is 16.5. The SMILES string of the molecule is C=C(C)C(=O)O.CC=CC(=O)OCC(C)CC. The molecule has 0 aliphatic rings. The Morgan fingerprint density at radius 2 is 1.94 bits per heavy atom. The van der Waals surface area contributed by atoms with E-state index in [1.165, 1.54) is 13.0 Å². The summed E-state index contributed by atoms with van der Waals surface area (Å²) in [5.74, 6) is -0.716. The van der Waals surface area contributed by atoms with Crippen LogP contribution in [0.5, 0.6) is 0 Å². The lowest BCUT2D eigenvalue weighted by Crippen LogP contribution is -2.08. The summed E-state index contributed by atoms with van der Waals surface area (Å²) in [6.07, 6.45) is 4.16. The van der Waals surface area contributed by atoms with Gasteiger partial charge in [0.15, 0.2) is 0 Å². The maximum atomic E-state index is 10.8. The van der Waals surface area contributed by atoms with Gasteiger partial charge in [0.1, 0.15) is 0 Å². The third-order valence-electron chi connectivity index (χ3n) is 1.87. The quantitative estimate of drug-likeness (QED) is 0.594. The van der Waals surface area contributed by atoms with Gasteiger partial charge in [0.25, 0.3) is 0 Å². The minimum Gasteiger partial charge on any atom is -0.478 e. The van der Waals surface area contributed by atoms with Crippen molar-refractivity contribution in [2.45, 2.75) is 34.1 Å². The van der Waals surface area contributed by atoms with Crippen molar-refractivity contribution < 1.29 is 19.4 Å². The summed E-state index contributed by atoms with van der Waals surface area (Å²) in [6, 6.07) is 0. The van der Waals surface area contributed by atoms with Crippen molar-refractivity contribution in [2.24, 2.45) is 5.92 Å². The average Bonchev–Trinajstić information content (AvgIpc) is 2.27. The number of allylic oxidation sites excluding steroid dienone is 1. The van der Waals surface area contributed by atoms with Crippen LogP contribution in [0.1, 0.15) is 34.1 Å². The van der Waals surface area contributed by atoms with E-state index < -0.39 is 5.97 Å². The molecule has 0 amide bonds. The molecule has 0 aromatic rings. The number of carbonyl (C=O) groups is 2. The fraction of sp³-hybridized carbons (Fsp3) is 0.538. The molecule has 4 nitrogen and oxygen atoms in total. The summed E-state index contributed by atoms with van der Waals surface area (Å²) in [5.41, 5.74) is 0.176. The first-order valence-electron chi connectivity index (χ1n) is 5.53. The molecule has 0 radical (unpaired) electrons. The van der Waals surface area contributed by atoms with Gasteiger partial charge < -0.3 is 9.84 Å². The lowest BCUT2D eigenvalue weighted by molar-refractivity contribution is -0.139. The van der Waals surface area contributed by atoms with Gasteiger partial charge >= 0.3 is 11.9 Å². The Labute approximate surface area is 103 Å². The van der Waals surface area contributed by atoms with E-state index in [4.69, 9.17) is 9.84 Å². The maximum absolute atomic E-state index is 10.8. The number of carbonyl (C=O) groups excluding carboxylic acids is 1. The van der Waals surface area contributed by atoms with Crippen LogP contribution in [-0.2, 0) is 14.3 Å². The third-order valence-corrected chi connectivity index (χ3v) is 1.87. The number of esters is 1. The van der Waals surface area contributed by atoms with Gasteiger partial charge in [-0.05, 0) is 19.8 Å². The van der Waals surface area contributed by atoms with E-state index in [1.54, 1.807) is 13.0 Å². The topological polar surface area (TPSA) is 63.6 Å². The molecule has 0 aliphatic carbocycles. The number of hydrogen-bond acceptors (Lipinski definition) is 3. The van der Waals surface area contributed by atoms with Crippen molar-refractivity contribution in [1.29, 1.82) is 0 Å². The molecule has 4 heteroatoms. The first kappa shape index (κ1) is 17.8. The van der Waals surface area contributed by atoms with E-state index >= 15 is 0 Å². The number of aliphatic carboxylic acids is 1. The molecule has 0 aliphatic heterocycles. The zero-order valence-corrected chi connectivity index (χ0v) is 11.0. The van der Waals surface area contributed by atoms with E-state index in [9.17, 15) is 9.59 Å². The summed E-state index contributed by atoms with van der Waals surface area (Å²) in [4.78, 5) is 20.4. The fourth-order valence-electron chi connectivity index (χ4n) is 0.526. The molecular weight excluding hydrogens is 220 g/mol. The largest absolute Gasteiger partial charge is 0.478 e. The van der Waals surface area contributed by atoms with Gasteiger partial charge in [-0.3, -0.25) is 0 Å². The van der Waals surface area contributed by atoms with E-state index in [0.29, 0.717) is 12.5 Å². The predicted molar refractivity (Wildman–Crippen MR) is 67.7 cm³/mol. The number of carboxylic acid groups (broad SMARTS) is 1. The molecule has 0 bridgehead atoms. The summed E-state index contributed by atoms with van der Waals surface area (Å²) in [5, 5.41) is 7.89. The van der Waals surface area contributed by atoms with Crippen LogP contribution in [0.15, 0.2) is 24.3 Å². The van der Waals surface area contributed by atoms with E-state index in [-0.39, 0.29) is 11.5 Å². The zero-order valence-electron chi connectivity index (χ0n) is 11.0. The van der Waals surface area contributed by atoms with Crippen molar-refractivity contribution in [3.8, 4) is 0 Å². The molecule has 1 unspecified atom stereocenters. The highest BCUT2D eigenvalue weighted by molar-refractivity contribution is 5.84. The van der Waals surface area contributed by atoms with Gasteiger partial charge in [0, 0.05) is 11.6 Å². The molecule has 0 spiro atoms. The number of carboxylic acids is 1. The van der Waals surface area contributed by atoms with Gasteiger partial charge in [-0.2, -0.15) is 0 Å². The molecule has 0 aromatic carbocycles. The molecule has 1 atom stereocenters. The molecule has 1 N–H and O–H groups in total. The smallest absolute Gasteiger partial charge is 0.330 e. The molecule has 0 saturated heterocycles. The average molecular weight is 242 g/mol. The molecule has 0 fully saturated rings. The Balaban J connectivity index is 0. The molecular formula is C13H22O4. The third kappa shape index (κ3) is 14.4. The highest BCUT2D eigenvalue weighted by Gasteiger charge is 2.01. The summed E-state index contributed by atoms with van der Waals surface area (Å²) in [7, 11) is 0. The Morgan fingerprint density at radius 3 is 2.24 bits per heavy atom. The monoisotopic (exact) mass is 242 g/mol. The molecule has 0 rings (SSSR count). The first-order chi connectivity index (χ1) is 7.84. The lowest BCUT2D eigenvalue weighted by Gasteiger charge is -2.06. The Bertz CT molecular complexity index is 267. The van der Waals surface area contributed by atoms with Crippen LogP contribution in [0.3, 0.4) is 0 Å². The van der Waals surface area contributed by atoms with Crippen LogP contribution in [0.2, 0.25) is 0 Å². The highest BCUT2D eigenvalue weighted by Crippen LogP contribution is 2.00.